The van der Waals surface area contributed by atoms with Crippen LogP contribution < -0.4 is 4.74 Å². The Kier molecular flexibility index (Phi) is 4.73. The topological polar surface area (TPSA) is 43.4 Å². The average molecular weight is 376 g/mol. The van der Waals surface area contributed by atoms with E-state index in [0.717, 1.165) is 4.47 Å². The fourth-order valence-corrected chi connectivity index (χ4v) is 3.61. The molecule has 0 atom stereocenters. The van der Waals surface area contributed by atoms with Gasteiger partial charge in [-0.05, 0) is 57.9 Å². The van der Waals surface area contributed by atoms with Gasteiger partial charge in [-0.25, -0.2) is 8.42 Å². The van der Waals surface area contributed by atoms with Crippen molar-refractivity contribution in [1.29, 1.82) is 0 Å². The third-order valence-corrected chi connectivity index (χ3v) is 5.36. The molecule has 0 spiro atoms. The van der Waals surface area contributed by atoms with Gasteiger partial charge in [-0.15, -0.1) is 0 Å². The second-order valence-electron chi connectivity index (χ2n) is 4.18. The number of ether oxygens (including phenoxy) is 1. The zero-order valence-electron chi connectivity index (χ0n) is 10.6. The Balaban J connectivity index is 2.30. The summed E-state index contributed by atoms with van der Waals surface area (Å²) in [6.45, 7) is 0. The highest BCUT2D eigenvalue weighted by molar-refractivity contribution is 9.10. The summed E-state index contributed by atoms with van der Waals surface area (Å²) in [5, 5.41) is 0.509. The first-order valence-electron chi connectivity index (χ1n) is 5.73. The maximum absolute atomic E-state index is 12.3. The molecular formula is C14H12BrClO3S. The van der Waals surface area contributed by atoms with Gasteiger partial charge in [0.2, 0.25) is 0 Å². The fourth-order valence-electron chi connectivity index (χ4n) is 1.74. The molecule has 20 heavy (non-hydrogen) atoms. The first kappa shape index (κ1) is 15.4. The van der Waals surface area contributed by atoms with Crippen LogP contribution in [0.5, 0.6) is 5.75 Å². The number of benzene rings is 2. The van der Waals surface area contributed by atoms with Crippen molar-refractivity contribution in [3.8, 4) is 5.75 Å². The van der Waals surface area contributed by atoms with Gasteiger partial charge in [-0.2, -0.15) is 0 Å². The Bertz CT molecular complexity index is 712. The maximum Gasteiger partial charge on any atom is 0.182 e. The van der Waals surface area contributed by atoms with Crippen LogP contribution in [-0.2, 0) is 15.6 Å². The standard InChI is InChI=1S/C14H12BrClO3S/c1-19-14-8-10(2-7-13(14)15)9-20(17,18)12-5-3-11(16)4-6-12/h2-8H,9H2,1H3. The zero-order chi connectivity index (χ0) is 14.8. The summed E-state index contributed by atoms with van der Waals surface area (Å²) in [6.07, 6.45) is 0. The smallest absolute Gasteiger partial charge is 0.182 e. The van der Waals surface area contributed by atoms with E-state index in [0.29, 0.717) is 16.3 Å². The van der Waals surface area contributed by atoms with Crippen LogP contribution in [0.25, 0.3) is 0 Å². The number of hydrogen-bond donors (Lipinski definition) is 0. The van der Waals surface area contributed by atoms with Gasteiger partial charge in [0.15, 0.2) is 9.84 Å². The van der Waals surface area contributed by atoms with Gasteiger partial charge in [0.25, 0.3) is 0 Å². The molecule has 2 rings (SSSR count). The van der Waals surface area contributed by atoms with Crippen molar-refractivity contribution in [1.82, 2.24) is 0 Å². The van der Waals surface area contributed by atoms with E-state index in [9.17, 15) is 8.42 Å². The van der Waals surface area contributed by atoms with Crippen molar-refractivity contribution in [3.05, 3.63) is 57.5 Å². The third kappa shape index (κ3) is 3.53. The van der Waals surface area contributed by atoms with E-state index >= 15 is 0 Å². The van der Waals surface area contributed by atoms with E-state index in [1.54, 1.807) is 30.3 Å². The summed E-state index contributed by atoms with van der Waals surface area (Å²) >= 11 is 9.10. The van der Waals surface area contributed by atoms with Crippen LogP contribution in [0.3, 0.4) is 0 Å². The maximum atomic E-state index is 12.3. The Hall–Kier alpha value is -1.04. The van der Waals surface area contributed by atoms with Crippen LogP contribution in [0.1, 0.15) is 5.56 Å². The summed E-state index contributed by atoms with van der Waals surface area (Å²) in [7, 11) is -1.86. The normalized spacial score (nSPS) is 11.3. The van der Waals surface area contributed by atoms with Gasteiger partial charge in [-0.1, -0.05) is 17.7 Å². The second kappa shape index (κ2) is 6.16. The molecule has 0 unspecified atom stereocenters. The van der Waals surface area contributed by atoms with Gasteiger partial charge in [0.1, 0.15) is 5.75 Å². The molecule has 0 heterocycles. The van der Waals surface area contributed by atoms with Crippen LogP contribution in [0, 0.1) is 0 Å². The lowest BCUT2D eigenvalue weighted by Crippen LogP contribution is -2.05. The molecule has 0 saturated carbocycles. The summed E-state index contributed by atoms with van der Waals surface area (Å²) in [5.74, 6) is 0.520. The lowest BCUT2D eigenvalue weighted by atomic mass is 10.2. The van der Waals surface area contributed by atoms with E-state index in [1.807, 2.05) is 0 Å². The molecule has 0 radical (unpaired) electrons. The highest BCUT2D eigenvalue weighted by atomic mass is 79.9. The quantitative estimate of drug-likeness (QED) is 0.808. The van der Waals surface area contributed by atoms with E-state index in [-0.39, 0.29) is 10.6 Å². The zero-order valence-corrected chi connectivity index (χ0v) is 13.8. The van der Waals surface area contributed by atoms with Crippen molar-refractivity contribution < 1.29 is 13.2 Å². The summed E-state index contributed by atoms with van der Waals surface area (Å²) in [5.41, 5.74) is 0.667. The molecule has 106 valence electrons. The highest BCUT2D eigenvalue weighted by Crippen LogP contribution is 2.27. The molecule has 0 aromatic heterocycles. The molecule has 0 aliphatic heterocycles. The monoisotopic (exact) mass is 374 g/mol. The largest absolute Gasteiger partial charge is 0.496 e. The lowest BCUT2D eigenvalue weighted by Gasteiger charge is -2.08. The molecule has 2 aromatic rings. The summed E-state index contributed by atoms with van der Waals surface area (Å²) < 4.78 is 30.6. The molecule has 0 bridgehead atoms. The molecule has 3 nitrogen and oxygen atoms in total. The number of rotatable bonds is 4. The number of hydrogen-bond acceptors (Lipinski definition) is 3. The van der Waals surface area contributed by atoms with Crippen molar-refractivity contribution in [3.63, 3.8) is 0 Å². The SMILES string of the molecule is COc1cc(CS(=O)(=O)c2ccc(Cl)cc2)ccc1Br. The molecule has 6 heteroatoms. The lowest BCUT2D eigenvalue weighted by molar-refractivity contribution is 0.412. The molecule has 0 aliphatic carbocycles. The van der Waals surface area contributed by atoms with E-state index in [4.69, 9.17) is 16.3 Å². The second-order valence-corrected chi connectivity index (χ2v) is 7.46. The van der Waals surface area contributed by atoms with Crippen molar-refractivity contribution in [2.45, 2.75) is 10.6 Å². The minimum atomic E-state index is -3.40. The molecule has 0 N–H and O–H groups in total. The Morgan fingerprint density at radius 2 is 1.80 bits per heavy atom. The molecule has 2 aromatic carbocycles. The molecule has 0 aliphatic rings. The van der Waals surface area contributed by atoms with Crippen molar-refractivity contribution in [2.24, 2.45) is 0 Å². The molecular weight excluding hydrogens is 364 g/mol. The molecule has 0 amide bonds. The first-order chi connectivity index (χ1) is 9.42. The predicted octanol–water partition coefficient (Wildman–Crippen LogP) is 4.09. The van der Waals surface area contributed by atoms with Crippen LogP contribution in [-0.4, -0.2) is 15.5 Å². The van der Waals surface area contributed by atoms with Gasteiger partial charge in [0.05, 0.1) is 22.2 Å². The number of methoxy groups -OCH3 is 1. The predicted molar refractivity (Wildman–Crippen MR) is 83.0 cm³/mol. The summed E-state index contributed by atoms with van der Waals surface area (Å²) in [4.78, 5) is 0.254. The van der Waals surface area contributed by atoms with Gasteiger partial charge < -0.3 is 4.74 Å². The minimum Gasteiger partial charge on any atom is -0.496 e. The molecule has 0 fully saturated rings. The Morgan fingerprint density at radius 3 is 2.40 bits per heavy atom. The van der Waals surface area contributed by atoms with Crippen molar-refractivity contribution in [2.75, 3.05) is 7.11 Å². The van der Waals surface area contributed by atoms with Gasteiger partial charge in [0, 0.05) is 5.02 Å². The van der Waals surface area contributed by atoms with Gasteiger partial charge in [-0.3, -0.25) is 0 Å². The van der Waals surface area contributed by atoms with E-state index in [1.165, 1.54) is 19.2 Å². The van der Waals surface area contributed by atoms with Crippen LogP contribution >= 0.6 is 27.5 Å². The number of halogens is 2. The summed E-state index contributed by atoms with van der Waals surface area (Å²) in [6, 6.07) is 11.4. The van der Waals surface area contributed by atoms with Crippen LogP contribution in [0.2, 0.25) is 5.02 Å². The van der Waals surface area contributed by atoms with E-state index in [2.05, 4.69) is 15.9 Å². The van der Waals surface area contributed by atoms with Crippen molar-refractivity contribution >= 4 is 37.4 Å². The van der Waals surface area contributed by atoms with Crippen LogP contribution in [0.4, 0.5) is 0 Å². The van der Waals surface area contributed by atoms with Crippen LogP contribution in [0.15, 0.2) is 51.8 Å². The third-order valence-electron chi connectivity index (χ3n) is 2.74. The minimum absolute atomic E-state index is 0.0850. The fraction of sp³-hybridized carbons (Fsp3) is 0.143. The average Bonchev–Trinajstić information content (AvgIpc) is 2.41. The number of sulfone groups is 1. The molecule has 0 saturated heterocycles. The Labute approximate surface area is 131 Å². The Morgan fingerprint density at radius 1 is 1.15 bits per heavy atom. The van der Waals surface area contributed by atoms with E-state index < -0.39 is 9.84 Å². The first-order valence-corrected chi connectivity index (χ1v) is 8.55. The highest BCUT2D eigenvalue weighted by Gasteiger charge is 2.16. The van der Waals surface area contributed by atoms with Gasteiger partial charge >= 0.3 is 0 Å².